The van der Waals surface area contributed by atoms with Crippen LogP contribution in [0.5, 0.6) is 0 Å². The van der Waals surface area contributed by atoms with E-state index in [0.29, 0.717) is 11.0 Å². The molecule has 0 fully saturated rings. The van der Waals surface area contributed by atoms with E-state index in [2.05, 4.69) is 36.7 Å². The SMILES string of the molecule is Cc1cc(C)cc(-n2nc(NS(=O)(=O)c3ccccc3)c3ccc(C(C)(C)C)nc32)c1. The predicted octanol–water partition coefficient (Wildman–Crippen LogP) is 5.14. The first-order valence-corrected chi connectivity index (χ1v) is 11.6. The summed E-state index contributed by atoms with van der Waals surface area (Å²) in [5.41, 5.74) is 4.39. The van der Waals surface area contributed by atoms with E-state index in [4.69, 9.17) is 4.98 Å². The van der Waals surface area contributed by atoms with Crippen molar-refractivity contribution in [2.24, 2.45) is 0 Å². The van der Waals surface area contributed by atoms with Crippen molar-refractivity contribution < 1.29 is 8.42 Å². The lowest BCUT2D eigenvalue weighted by Crippen LogP contribution is -2.14. The monoisotopic (exact) mass is 434 g/mol. The van der Waals surface area contributed by atoms with Gasteiger partial charge >= 0.3 is 0 Å². The lowest BCUT2D eigenvalue weighted by atomic mass is 9.91. The van der Waals surface area contributed by atoms with Crippen LogP contribution in [0.25, 0.3) is 16.7 Å². The third-order valence-electron chi connectivity index (χ3n) is 5.03. The number of aryl methyl sites for hydroxylation is 2. The van der Waals surface area contributed by atoms with Gasteiger partial charge in [0, 0.05) is 11.1 Å². The second kappa shape index (κ2) is 7.50. The number of hydrogen-bond donors (Lipinski definition) is 1. The van der Waals surface area contributed by atoms with Gasteiger partial charge in [-0.1, -0.05) is 45.0 Å². The summed E-state index contributed by atoms with van der Waals surface area (Å²) in [5, 5.41) is 5.28. The standard InChI is InChI=1S/C24H26N4O2S/c1-16-13-17(2)15-18(14-16)28-23-20(11-12-21(25-23)24(3,4)5)22(26-28)27-31(29,30)19-9-7-6-8-10-19/h6-15H,1-5H3,(H,26,27). The number of rotatable bonds is 4. The molecule has 2 aromatic carbocycles. The highest BCUT2D eigenvalue weighted by atomic mass is 32.2. The van der Waals surface area contributed by atoms with Gasteiger partial charge in [0.2, 0.25) is 0 Å². The van der Waals surface area contributed by atoms with Crippen LogP contribution in [0.4, 0.5) is 5.82 Å². The highest BCUT2D eigenvalue weighted by molar-refractivity contribution is 7.92. The van der Waals surface area contributed by atoms with Gasteiger partial charge in [-0.25, -0.2) is 18.1 Å². The van der Waals surface area contributed by atoms with Crippen LogP contribution in [0.3, 0.4) is 0 Å². The molecule has 7 heteroatoms. The first kappa shape index (κ1) is 21.1. The van der Waals surface area contributed by atoms with Gasteiger partial charge in [0.25, 0.3) is 10.0 Å². The van der Waals surface area contributed by atoms with Crippen LogP contribution in [0, 0.1) is 13.8 Å². The minimum Gasteiger partial charge on any atom is -0.261 e. The molecule has 2 aromatic heterocycles. The first-order chi connectivity index (χ1) is 14.5. The second-order valence-electron chi connectivity index (χ2n) is 8.84. The molecule has 4 rings (SSSR count). The molecule has 1 N–H and O–H groups in total. The number of pyridine rings is 1. The molecule has 0 saturated carbocycles. The normalized spacial score (nSPS) is 12.3. The maximum Gasteiger partial charge on any atom is 0.263 e. The number of sulfonamides is 1. The van der Waals surface area contributed by atoms with Crippen LogP contribution in [-0.4, -0.2) is 23.2 Å². The van der Waals surface area contributed by atoms with Gasteiger partial charge in [0.05, 0.1) is 16.0 Å². The number of fused-ring (bicyclic) bond motifs is 1. The van der Waals surface area contributed by atoms with E-state index >= 15 is 0 Å². The Kier molecular flexibility index (Phi) is 5.09. The minimum atomic E-state index is -3.78. The van der Waals surface area contributed by atoms with Crippen molar-refractivity contribution in [3.63, 3.8) is 0 Å². The number of nitrogens with one attached hydrogen (secondary N) is 1. The molecule has 0 aliphatic carbocycles. The molecule has 160 valence electrons. The Balaban J connectivity index is 1.93. The van der Waals surface area contributed by atoms with Gasteiger partial charge in [-0.3, -0.25) is 4.72 Å². The first-order valence-electron chi connectivity index (χ1n) is 10.1. The summed E-state index contributed by atoms with van der Waals surface area (Å²) >= 11 is 0. The summed E-state index contributed by atoms with van der Waals surface area (Å²) in [7, 11) is -3.78. The summed E-state index contributed by atoms with van der Waals surface area (Å²) in [6.07, 6.45) is 0. The zero-order chi connectivity index (χ0) is 22.4. The van der Waals surface area contributed by atoms with Gasteiger partial charge in [0.15, 0.2) is 11.5 Å². The fourth-order valence-corrected chi connectivity index (χ4v) is 4.57. The van der Waals surface area contributed by atoms with E-state index < -0.39 is 10.0 Å². The third kappa shape index (κ3) is 4.18. The molecule has 0 bridgehead atoms. The largest absolute Gasteiger partial charge is 0.263 e. The molecule has 0 unspecified atom stereocenters. The molecule has 0 spiro atoms. The summed E-state index contributed by atoms with van der Waals surface area (Å²) < 4.78 is 30.3. The lowest BCUT2D eigenvalue weighted by molar-refractivity contribution is 0.570. The van der Waals surface area contributed by atoms with Crippen LogP contribution < -0.4 is 4.72 Å². The highest BCUT2D eigenvalue weighted by Gasteiger charge is 2.23. The van der Waals surface area contributed by atoms with Crippen molar-refractivity contribution in [2.75, 3.05) is 4.72 Å². The molecule has 0 aliphatic rings. The van der Waals surface area contributed by atoms with E-state index in [-0.39, 0.29) is 16.1 Å². The fourth-order valence-electron chi connectivity index (χ4n) is 3.53. The maximum absolute atomic E-state index is 12.9. The topological polar surface area (TPSA) is 76.9 Å². The highest BCUT2D eigenvalue weighted by Crippen LogP contribution is 2.30. The average molecular weight is 435 g/mol. The summed E-state index contributed by atoms with van der Waals surface area (Å²) in [5.74, 6) is 0.256. The van der Waals surface area contributed by atoms with Crippen LogP contribution in [0.1, 0.15) is 37.6 Å². The number of hydrogen-bond acceptors (Lipinski definition) is 4. The number of aromatic nitrogens is 3. The van der Waals surface area contributed by atoms with Gasteiger partial charge in [-0.15, -0.1) is 5.10 Å². The van der Waals surface area contributed by atoms with Crippen molar-refractivity contribution in [3.05, 3.63) is 77.5 Å². The predicted molar refractivity (Wildman–Crippen MR) is 124 cm³/mol. The Labute approximate surface area is 183 Å². The Morgan fingerprint density at radius 1 is 0.903 bits per heavy atom. The van der Waals surface area contributed by atoms with Gasteiger partial charge < -0.3 is 0 Å². The minimum absolute atomic E-state index is 0.157. The molecule has 2 heterocycles. The Morgan fingerprint density at radius 2 is 1.55 bits per heavy atom. The molecule has 6 nitrogen and oxygen atoms in total. The van der Waals surface area contributed by atoms with E-state index in [9.17, 15) is 8.42 Å². The molecule has 0 amide bonds. The molecule has 0 saturated heterocycles. The molecule has 0 atom stereocenters. The maximum atomic E-state index is 12.9. The molecule has 31 heavy (non-hydrogen) atoms. The molecular formula is C24H26N4O2S. The number of anilines is 1. The average Bonchev–Trinajstić information content (AvgIpc) is 3.04. The van der Waals surface area contributed by atoms with E-state index in [1.165, 1.54) is 0 Å². The molecule has 4 aromatic rings. The Hall–Kier alpha value is -3.19. The summed E-state index contributed by atoms with van der Waals surface area (Å²) in [4.78, 5) is 5.05. The van der Waals surface area contributed by atoms with Crippen molar-refractivity contribution in [1.29, 1.82) is 0 Å². The van der Waals surface area contributed by atoms with Crippen molar-refractivity contribution in [3.8, 4) is 5.69 Å². The smallest absolute Gasteiger partial charge is 0.261 e. The van der Waals surface area contributed by atoms with Crippen LogP contribution >= 0.6 is 0 Å². The van der Waals surface area contributed by atoms with Crippen molar-refractivity contribution in [1.82, 2.24) is 14.8 Å². The summed E-state index contributed by atoms with van der Waals surface area (Å²) in [6, 6.07) is 18.2. The van der Waals surface area contributed by atoms with Crippen molar-refractivity contribution >= 4 is 26.9 Å². The number of benzene rings is 2. The van der Waals surface area contributed by atoms with Gasteiger partial charge in [-0.05, 0) is 61.4 Å². The van der Waals surface area contributed by atoms with Crippen LogP contribution in [0.2, 0.25) is 0 Å². The van der Waals surface area contributed by atoms with E-state index in [0.717, 1.165) is 22.5 Å². The van der Waals surface area contributed by atoms with Crippen molar-refractivity contribution in [2.45, 2.75) is 44.9 Å². The van der Waals surface area contributed by atoms with Crippen LogP contribution in [-0.2, 0) is 15.4 Å². The molecule has 0 radical (unpaired) electrons. The van der Waals surface area contributed by atoms with Crippen LogP contribution in [0.15, 0.2) is 65.6 Å². The zero-order valence-electron chi connectivity index (χ0n) is 18.3. The molecule has 0 aliphatic heterocycles. The summed E-state index contributed by atoms with van der Waals surface area (Å²) in [6.45, 7) is 10.3. The van der Waals surface area contributed by atoms with E-state index in [1.807, 2.05) is 38.1 Å². The second-order valence-corrected chi connectivity index (χ2v) is 10.5. The van der Waals surface area contributed by atoms with Gasteiger partial charge in [-0.2, -0.15) is 0 Å². The van der Waals surface area contributed by atoms with E-state index in [1.54, 1.807) is 35.0 Å². The molecular weight excluding hydrogens is 408 g/mol. The lowest BCUT2D eigenvalue weighted by Gasteiger charge is -2.17. The quantitative estimate of drug-likeness (QED) is 0.483. The third-order valence-corrected chi connectivity index (χ3v) is 6.39. The zero-order valence-corrected chi connectivity index (χ0v) is 19.2. The Morgan fingerprint density at radius 3 is 2.16 bits per heavy atom. The van der Waals surface area contributed by atoms with Gasteiger partial charge in [0.1, 0.15) is 0 Å². The Bertz CT molecular complexity index is 1350. The fraction of sp³-hybridized carbons (Fsp3) is 0.250. The number of nitrogens with zero attached hydrogens (tertiary/aromatic N) is 3.